The second-order valence-electron chi connectivity index (χ2n) is 8.34. The molecule has 27 heavy (non-hydrogen) atoms. The number of benzene rings is 2. The summed E-state index contributed by atoms with van der Waals surface area (Å²) in [7, 11) is 0. The fraction of sp³-hybridized carbons (Fsp3) is 0.333. The maximum absolute atomic E-state index is 2.50. The molecule has 2 unspecified atom stereocenters. The van der Waals surface area contributed by atoms with E-state index in [1.165, 1.54) is 24.0 Å². The Labute approximate surface area is 180 Å². The van der Waals surface area contributed by atoms with Gasteiger partial charge in [0.25, 0.3) is 0 Å². The third-order valence-corrected chi connectivity index (χ3v) is 22.7. The molecule has 0 radical (unpaired) electrons. The monoisotopic (exact) mass is 476 g/mol. The zero-order chi connectivity index (χ0) is 17.0. The number of hydrogen-bond donors (Lipinski definition) is 0. The van der Waals surface area contributed by atoms with Crippen molar-refractivity contribution < 1.29 is 20.3 Å². The summed E-state index contributed by atoms with van der Waals surface area (Å²) in [4.78, 5) is 0. The van der Waals surface area contributed by atoms with Gasteiger partial charge < -0.3 is 0 Å². The van der Waals surface area contributed by atoms with E-state index in [1.54, 1.807) is 30.5 Å². The average Bonchev–Trinajstić information content (AvgIpc) is 3.28. The zero-order valence-corrected chi connectivity index (χ0v) is 20.2. The van der Waals surface area contributed by atoms with Gasteiger partial charge in [0.1, 0.15) is 0 Å². The van der Waals surface area contributed by atoms with Crippen LogP contribution in [0.15, 0.2) is 59.7 Å². The van der Waals surface area contributed by atoms with E-state index in [9.17, 15) is 0 Å². The number of allylic oxidation sites excluding steroid dienone is 2. The predicted molar refractivity (Wildman–Crippen MR) is 119 cm³/mol. The molecular formula is C24H28Cl2Zr. The Morgan fingerprint density at radius 2 is 1.07 bits per heavy atom. The first kappa shape index (κ1) is 21.1. The van der Waals surface area contributed by atoms with Crippen molar-refractivity contribution >= 4 is 37.0 Å². The summed E-state index contributed by atoms with van der Waals surface area (Å²) in [5.41, 5.74) is 9.65. The molecular weight excluding hydrogens is 450 g/mol. The van der Waals surface area contributed by atoms with Gasteiger partial charge >= 0.3 is 157 Å². The molecule has 0 bridgehead atoms. The van der Waals surface area contributed by atoms with Crippen LogP contribution in [0.25, 0.3) is 12.2 Å². The number of rotatable bonds is 2. The summed E-state index contributed by atoms with van der Waals surface area (Å²) in [6.45, 7) is 4.84. The molecule has 2 aromatic carbocycles. The van der Waals surface area contributed by atoms with Crippen molar-refractivity contribution in [1.82, 2.24) is 0 Å². The summed E-state index contributed by atoms with van der Waals surface area (Å²) < 4.78 is 4.69. The summed E-state index contributed by atoms with van der Waals surface area (Å²) in [5, 5.41) is 0. The minimum Gasteiger partial charge on any atom is -0.147 e. The third-order valence-electron chi connectivity index (χ3n) is 6.98. The standard InChI is InChI=1S/2C10H9.C4H8.2ClH.Zr/c2*1-8-6-9-4-2-3-5-10(9)7-8;1-3-4-2;;;/h2*2-7H,1H3;1-4H2;2*1H;. The molecule has 3 heteroatoms. The molecule has 1 aliphatic heterocycles. The van der Waals surface area contributed by atoms with Gasteiger partial charge in [-0.1, -0.05) is 0 Å². The van der Waals surface area contributed by atoms with Gasteiger partial charge in [0.05, 0.1) is 0 Å². The molecule has 1 saturated heterocycles. The number of halogens is 2. The molecule has 2 atom stereocenters. The average molecular weight is 479 g/mol. The van der Waals surface area contributed by atoms with Crippen molar-refractivity contribution in [2.45, 2.75) is 42.2 Å². The van der Waals surface area contributed by atoms with Crippen LogP contribution in [-0.2, 0) is 20.3 Å². The van der Waals surface area contributed by atoms with Crippen molar-refractivity contribution in [3.8, 4) is 0 Å². The first-order valence-electron chi connectivity index (χ1n) is 9.75. The van der Waals surface area contributed by atoms with E-state index in [1.807, 2.05) is 0 Å². The van der Waals surface area contributed by atoms with E-state index >= 15 is 0 Å². The van der Waals surface area contributed by atoms with E-state index in [0.29, 0.717) is 0 Å². The molecule has 0 aromatic heterocycles. The molecule has 142 valence electrons. The van der Waals surface area contributed by atoms with E-state index in [0.717, 1.165) is 7.25 Å². The smallest absolute Gasteiger partial charge is 0.147 e. The van der Waals surface area contributed by atoms with Gasteiger partial charge in [-0.05, 0) is 0 Å². The van der Waals surface area contributed by atoms with Crippen LogP contribution in [0, 0.1) is 0 Å². The van der Waals surface area contributed by atoms with Gasteiger partial charge in [0.15, 0.2) is 0 Å². The van der Waals surface area contributed by atoms with Crippen LogP contribution < -0.4 is 0 Å². The molecule has 0 saturated carbocycles. The van der Waals surface area contributed by atoms with Gasteiger partial charge in [-0.2, -0.15) is 0 Å². The SMILES string of the molecule is CC1=Cc2ccccc2[CH]1[Zr]1([CH]2C(C)=Cc3ccccc32)[CH2]CC[CH2]1.Cl.Cl. The van der Waals surface area contributed by atoms with Crippen molar-refractivity contribution in [2.75, 3.05) is 0 Å². The zero-order valence-electron chi connectivity index (χ0n) is 16.1. The fourth-order valence-corrected chi connectivity index (χ4v) is 24.2. The van der Waals surface area contributed by atoms with Crippen LogP contribution in [0.3, 0.4) is 0 Å². The Hall–Kier alpha value is -0.617. The van der Waals surface area contributed by atoms with Crippen molar-refractivity contribution in [3.05, 3.63) is 81.9 Å². The van der Waals surface area contributed by atoms with Gasteiger partial charge in [-0.15, -0.1) is 24.8 Å². The number of hydrogen-bond acceptors (Lipinski definition) is 0. The molecule has 5 rings (SSSR count). The van der Waals surface area contributed by atoms with Gasteiger partial charge in [0.2, 0.25) is 0 Å². The molecule has 2 aliphatic carbocycles. The first-order chi connectivity index (χ1) is 12.2. The van der Waals surface area contributed by atoms with Crippen molar-refractivity contribution in [2.24, 2.45) is 0 Å². The second kappa shape index (κ2) is 8.02. The van der Waals surface area contributed by atoms with Crippen LogP contribution in [0.5, 0.6) is 0 Å². The van der Waals surface area contributed by atoms with Gasteiger partial charge in [-0.25, -0.2) is 0 Å². The second-order valence-corrected chi connectivity index (χ2v) is 19.7. The first-order valence-corrected chi connectivity index (χ1v) is 16.1. The summed E-state index contributed by atoms with van der Waals surface area (Å²) in [6, 6.07) is 18.5. The topological polar surface area (TPSA) is 0 Å². The quantitative estimate of drug-likeness (QED) is 0.411. The Bertz CT molecular complexity index is 837. The molecule has 0 amide bonds. The minimum atomic E-state index is -2.49. The summed E-state index contributed by atoms with van der Waals surface area (Å²) in [6.07, 6.45) is 7.93. The molecule has 0 N–H and O–H groups in total. The van der Waals surface area contributed by atoms with Crippen molar-refractivity contribution in [3.63, 3.8) is 0 Å². The largest absolute Gasteiger partial charge is 0.147 e. The molecule has 1 heterocycles. The molecule has 0 nitrogen and oxygen atoms in total. The van der Waals surface area contributed by atoms with E-state index < -0.39 is 20.3 Å². The van der Waals surface area contributed by atoms with E-state index in [-0.39, 0.29) is 24.8 Å². The van der Waals surface area contributed by atoms with Gasteiger partial charge in [-0.3, -0.25) is 0 Å². The third kappa shape index (κ3) is 3.15. The van der Waals surface area contributed by atoms with Crippen molar-refractivity contribution in [1.29, 1.82) is 0 Å². The maximum Gasteiger partial charge on any atom is -0.147 e. The molecule has 0 spiro atoms. The van der Waals surface area contributed by atoms with E-state index in [2.05, 4.69) is 74.5 Å². The Balaban J connectivity index is 0.00000105. The molecule has 1 fully saturated rings. The maximum atomic E-state index is 2.50. The van der Waals surface area contributed by atoms with Crippen LogP contribution in [0.4, 0.5) is 0 Å². The normalized spacial score (nSPS) is 24.2. The van der Waals surface area contributed by atoms with E-state index in [4.69, 9.17) is 0 Å². The van der Waals surface area contributed by atoms with Crippen LogP contribution >= 0.6 is 24.8 Å². The molecule has 3 aliphatic rings. The van der Waals surface area contributed by atoms with Gasteiger partial charge in [0, 0.05) is 0 Å². The number of fused-ring (bicyclic) bond motifs is 2. The fourth-order valence-electron chi connectivity index (χ4n) is 6.26. The minimum absolute atomic E-state index is 0. The van der Waals surface area contributed by atoms with Crippen LogP contribution in [-0.4, -0.2) is 0 Å². The summed E-state index contributed by atoms with van der Waals surface area (Å²) >= 11 is -2.49. The van der Waals surface area contributed by atoms with Crippen LogP contribution in [0.1, 0.15) is 56.2 Å². The Kier molecular flexibility index (Phi) is 6.27. The Morgan fingerprint density at radius 1 is 0.667 bits per heavy atom. The molecule has 2 aromatic rings. The van der Waals surface area contributed by atoms with Crippen LogP contribution in [0.2, 0.25) is 8.26 Å². The summed E-state index contributed by atoms with van der Waals surface area (Å²) in [5.74, 6) is 0. The Morgan fingerprint density at radius 3 is 1.52 bits per heavy atom. The predicted octanol–water partition coefficient (Wildman–Crippen LogP) is 7.93.